The van der Waals surface area contributed by atoms with Crippen molar-refractivity contribution < 1.29 is 22.4 Å². The number of anilines is 1. The molecule has 1 atom stereocenters. The molecule has 1 saturated carbocycles. The van der Waals surface area contributed by atoms with Gasteiger partial charge in [0.15, 0.2) is 0 Å². The summed E-state index contributed by atoms with van der Waals surface area (Å²) in [5.41, 5.74) is 2.57. The molecule has 3 aromatic rings. The number of halogens is 1. The Bertz CT molecular complexity index is 1460. The van der Waals surface area contributed by atoms with Crippen LogP contribution in [0, 0.1) is 19.7 Å². The van der Waals surface area contributed by atoms with Crippen LogP contribution in [0.15, 0.2) is 77.7 Å². The van der Waals surface area contributed by atoms with Crippen LogP contribution in [0.5, 0.6) is 0 Å². The van der Waals surface area contributed by atoms with E-state index in [2.05, 4.69) is 5.32 Å². The molecule has 1 aliphatic carbocycles. The van der Waals surface area contributed by atoms with Gasteiger partial charge in [-0.05, 0) is 80.1 Å². The fourth-order valence-electron chi connectivity index (χ4n) is 5.29. The van der Waals surface area contributed by atoms with Gasteiger partial charge < -0.3 is 10.2 Å². The molecule has 9 heteroatoms. The van der Waals surface area contributed by atoms with Crippen molar-refractivity contribution in [1.29, 1.82) is 0 Å². The van der Waals surface area contributed by atoms with Gasteiger partial charge in [-0.15, -0.1) is 0 Å². The first-order valence-corrected chi connectivity index (χ1v) is 15.5. The monoisotopic (exact) mass is 579 g/mol. The summed E-state index contributed by atoms with van der Waals surface area (Å²) < 4.78 is 42.8. The fraction of sp³-hybridized carbons (Fsp3) is 0.375. The minimum atomic E-state index is -4.14. The van der Waals surface area contributed by atoms with E-state index in [9.17, 15) is 22.4 Å². The molecule has 0 saturated heterocycles. The highest BCUT2D eigenvalue weighted by Crippen LogP contribution is 2.29. The number of hydrogen-bond acceptors (Lipinski definition) is 4. The van der Waals surface area contributed by atoms with Gasteiger partial charge in [0.1, 0.15) is 18.4 Å². The maximum atomic E-state index is 14.2. The van der Waals surface area contributed by atoms with Gasteiger partial charge in [-0.3, -0.25) is 13.9 Å². The van der Waals surface area contributed by atoms with Crippen molar-refractivity contribution in [2.24, 2.45) is 0 Å². The van der Waals surface area contributed by atoms with Crippen molar-refractivity contribution in [2.75, 3.05) is 10.8 Å². The number of sulfonamides is 1. The lowest BCUT2D eigenvalue weighted by Crippen LogP contribution is -2.53. The number of rotatable bonds is 11. The number of carbonyl (C=O) groups is 2. The summed E-state index contributed by atoms with van der Waals surface area (Å²) in [6.07, 6.45) is 4.21. The number of nitrogens with one attached hydrogen (secondary N) is 1. The molecule has 218 valence electrons. The Hall–Kier alpha value is -3.72. The average molecular weight is 580 g/mol. The number of carbonyl (C=O) groups excluding carboxylic acids is 2. The van der Waals surface area contributed by atoms with Crippen LogP contribution < -0.4 is 9.62 Å². The van der Waals surface area contributed by atoms with E-state index in [1.165, 1.54) is 29.2 Å². The smallest absolute Gasteiger partial charge is 0.264 e. The van der Waals surface area contributed by atoms with Gasteiger partial charge in [0, 0.05) is 12.6 Å². The summed E-state index contributed by atoms with van der Waals surface area (Å²) in [6.45, 7) is 5.01. The third-order valence-corrected chi connectivity index (χ3v) is 9.37. The normalized spacial score (nSPS) is 14.4. The second kappa shape index (κ2) is 13.3. The standard InChI is InChI=1S/C32H38FN3O4S/c1-4-29(32(38)34-27-10-8-9-11-27)35(21-25-16-18-26(33)19-17-25)31(37)22-36(30-20-23(2)14-15-24(30)3)41(39,40)28-12-6-5-7-13-28/h5-7,12-20,27,29H,4,8-11,21-22H2,1-3H3,(H,34,38)/t29-/m0/s1. The molecular weight excluding hydrogens is 541 g/mol. The summed E-state index contributed by atoms with van der Waals surface area (Å²) in [6, 6.07) is 18.4. The molecule has 1 fully saturated rings. The van der Waals surface area contributed by atoms with Crippen molar-refractivity contribution in [1.82, 2.24) is 10.2 Å². The minimum absolute atomic E-state index is 0.0295. The van der Waals surface area contributed by atoms with Crippen molar-refractivity contribution in [3.8, 4) is 0 Å². The van der Waals surface area contributed by atoms with E-state index in [-0.39, 0.29) is 23.4 Å². The second-order valence-electron chi connectivity index (χ2n) is 10.7. The Labute approximate surface area is 242 Å². The first-order valence-electron chi connectivity index (χ1n) is 14.1. The summed E-state index contributed by atoms with van der Waals surface area (Å²) in [5.74, 6) is -1.20. The van der Waals surface area contributed by atoms with Gasteiger partial charge in [-0.1, -0.05) is 62.2 Å². The predicted molar refractivity (Wildman–Crippen MR) is 158 cm³/mol. The molecule has 4 rings (SSSR count). The lowest BCUT2D eigenvalue weighted by Gasteiger charge is -2.34. The average Bonchev–Trinajstić information content (AvgIpc) is 3.47. The molecule has 0 unspecified atom stereocenters. The minimum Gasteiger partial charge on any atom is -0.352 e. The molecule has 0 aromatic heterocycles. The summed E-state index contributed by atoms with van der Waals surface area (Å²) in [5, 5.41) is 3.09. The zero-order valence-electron chi connectivity index (χ0n) is 23.8. The lowest BCUT2D eigenvalue weighted by atomic mass is 10.1. The first kappa shape index (κ1) is 30.2. The Balaban J connectivity index is 1.73. The van der Waals surface area contributed by atoms with Crippen molar-refractivity contribution in [3.63, 3.8) is 0 Å². The number of aryl methyl sites for hydroxylation is 2. The van der Waals surface area contributed by atoms with Crippen LogP contribution in [-0.2, 0) is 26.2 Å². The zero-order chi connectivity index (χ0) is 29.6. The lowest BCUT2D eigenvalue weighted by molar-refractivity contribution is -0.140. The maximum absolute atomic E-state index is 14.2. The number of benzene rings is 3. The molecule has 0 heterocycles. The molecular formula is C32H38FN3O4S. The van der Waals surface area contributed by atoms with Crippen molar-refractivity contribution in [2.45, 2.75) is 76.4 Å². The Kier molecular flexibility index (Phi) is 9.81. The zero-order valence-corrected chi connectivity index (χ0v) is 24.7. The topological polar surface area (TPSA) is 86.8 Å². The van der Waals surface area contributed by atoms with Crippen molar-refractivity contribution in [3.05, 3.63) is 95.3 Å². The highest BCUT2D eigenvalue weighted by atomic mass is 32.2. The quantitative estimate of drug-likeness (QED) is 0.325. The molecule has 0 radical (unpaired) electrons. The third-order valence-electron chi connectivity index (χ3n) is 7.60. The van der Waals surface area contributed by atoms with E-state index in [1.807, 2.05) is 26.0 Å². The molecule has 3 aromatic carbocycles. The summed E-state index contributed by atoms with van der Waals surface area (Å²) >= 11 is 0. The summed E-state index contributed by atoms with van der Waals surface area (Å²) in [7, 11) is -4.14. The van der Waals surface area contributed by atoms with E-state index in [0.29, 0.717) is 23.2 Å². The maximum Gasteiger partial charge on any atom is 0.264 e. The second-order valence-corrected chi connectivity index (χ2v) is 12.5. The third kappa shape index (κ3) is 7.33. The van der Waals surface area contributed by atoms with Crippen molar-refractivity contribution >= 4 is 27.5 Å². The van der Waals surface area contributed by atoms with Gasteiger partial charge in [-0.25, -0.2) is 12.8 Å². The van der Waals surface area contributed by atoms with E-state index in [0.717, 1.165) is 35.6 Å². The van der Waals surface area contributed by atoms with Gasteiger partial charge >= 0.3 is 0 Å². The number of nitrogens with zero attached hydrogens (tertiary/aromatic N) is 2. The van der Waals surface area contributed by atoms with E-state index >= 15 is 0 Å². The molecule has 0 bridgehead atoms. The van der Waals surface area contributed by atoms with Crippen LogP contribution in [0.1, 0.15) is 55.7 Å². The fourth-order valence-corrected chi connectivity index (χ4v) is 6.79. The van der Waals surface area contributed by atoms with Gasteiger partial charge in [-0.2, -0.15) is 0 Å². The van der Waals surface area contributed by atoms with Crippen LogP contribution in [0.4, 0.5) is 10.1 Å². The van der Waals surface area contributed by atoms with Crippen LogP contribution in [0.25, 0.3) is 0 Å². The molecule has 2 amide bonds. The highest BCUT2D eigenvalue weighted by Gasteiger charge is 2.35. The molecule has 1 aliphatic rings. The van der Waals surface area contributed by atoms with Gasteiger partial charge in [0.05, 0.1) is 10.6 Å². The Morgan fingerprint density at radius 1 is 0.976 bits per heavy atom. The van der Waals surface area contributed by atoms with Gasteiger partial charge in [0.25, 0.3) is 10.0 Å². The van der Waals surface area contributed by atoms with Gasteiger partial charge in [0.2, 0.25) is 11.8 Å². The van der Waals surface area contributed by atoms with E-state index < -0.39 is 34.3 Å². The largest absolute Gasteiger partial charge is 0.352 e. The molecule has 1 N–H and O–H groups in total. The Morgan fingerprint density at radius 2 is 1.63 bits per heavy atom. The van der Waals surface area contributed by atoms with Crippen LogP contribution in [0.3, 0.4) is 0 Å². The molecule has 0 spiro atoms. The number of amides is 2. The molecule has 0 aliphatic heterocycles. The Morgan fingerprint density at radius 3 is 2.27 bits per heavy atom. The summed E-state index contributed by atoms with van der Waals surface area (Å²) in [4.78, 5) is 29.2. The predicted octanol–water partition coefficient (Wildman–Crippen LogP) is 5.50. The van der Waals surface area contributed by atoms with Crippen LogP contribution in [0.2, 0.25) is 0 Å². The van der Waals surface area contributed by atoms with Crippen LogP contribution in [-0.4, -0.2) is 43.8 Å². The molecule has 7 nitrogen and oxygen atoms in total. The number of hydrogen-bond donors (Lipinski definition) is 1. The highest BCUT2D eigenvalue weighted by molar-refractivity contribution is 7.92. The van der Waals surface area contributed by atoms with E-state index in [1.54, 1.807) is 43.3 Å². The SMILES string of the molecule is CC[C@@H](C(=O)NC1CCCC1)N(Cc1ccc(F)cc1)C(=O)CN(c1cc(C)ccc1C)S(=O)(=O)c1ccccc1. The first-order chi connectivity index (χ1) is 19.6. The van der Waals surface area contributed by atoms with E-state index in [4.69, 9.17) is 0 Å². The molecule has 41 heavy (non-hydrogen) atoms. The van der Waals surface area contributed by atoms with Crippen LogP contribution >= 0.6 is 0 Å².